The zero-order valence-corrected chi connectivity index (χ0v) is 17.3. The van der Waals surface area contributed by atoms with Crippen molar-refractivity contribution in [2.24, 2.45) is 7.05 Å². The fourth-order valence-electron chi connectivity index (χ4n) is 3.78. The van der Waals surface area contributed by atoms with Crippen molar-refractivity contribution in [1.29, 1.82) is 0 Å². The number of carbonyl (C=O) groups excluding carboxylic acids is 1. The van der Waals surface area contributed by atoms with Crippen LogP contribution < -0.4 is 11.2 Å². The molecule has 29 heavy (non-hydrogen) atoms. The fraction of sp³-hybridized carbons (Fsp3) is 0.333. The molecule has 8 nitrogen and oxygen atoms in total. The highest BCUT2D eigenvalue weighted by molar-refractivity contribution is 5.81. The summed E-state index contributed by atoms with van der Waals surface area (Å²) in [5.41, 5.74) is 3.63. The fourth-order valence-corrected chi connectivity index (χ4v) is 3.78. The Kier molecular flexibility index (Phi) is 4.11. The van der Waals surface area contributed by atoms with E-state index in [1.54, 1.807) is 18.4 Å². The topological polar surface area (TPSA) is 83.3 Å². The smallest absolute Gasteiger partial charge is 0.298 e. The van der Waals surface area contributed by atoms with E-state index in [4.69, 9.17) is 0 Å². The number of Topliss-reactive ketones (excluding diaryl/α,β-unsaturated/α-hetero) is 1. The molecular weight excluding hydrogens is 370 g/mol. The van der Waals surface area contributed by atoms with Crippen LogP contribution >= 0.6 is 0 Å². The van der Waals surface area contributed by atoms with E-state index in [0.717, 1.165) is 27.1 Å². The Morgan fingerprint density at radius 3 is 2.48 bits per heavy atom. The Labute approximate surface area is 166 Å². The van der Waals surface area contributed by atoms with E-state index >= 15 is 0 Å². The monoisotopic (exact) mass is 393 g/mol. The zero-order valence-electron chi connectivity index (χ0n) is 17.3. The van der Waals surface area contributed by atoms with Gasteiger partial charge in [0.2, 0.25) is 5.78 Å². The van der Waals surface area contributed by atoms with Crippen molar-refractivity contribution in [2.45, 2.75) is 40.7 Å². The van der Waals surface area contributed by atoms with E-state index in [1.165, 1.54) is 11.5 Å². The maximum absolute atomic E-state index is 13.2. The molecule has 0 fully saturated rings. The molecule has 0 saturated carbocycles. The first kappa shape index (κ1) is 18.9. The number of benzene rings is 1. The van der Waals surface area contributed by atoms with Crippen LogP contribution in [-0.2, 0) is 11.8 Å². The molecule has 0 unspecified atom stereocenters. The highest BCUT2D eigenvalue weighted by Gasteiger charge is 2.24. The largest absolute Gasteiger partial charge is 0.333 e. The quantitative estimate of drug-likeness (QED) is 0.534. The van der Waals surface area contributed by atoms with Crippen LogP contribution in [0.25, 0.3) is 22.6 Å². The number of imidazole rings is 2. The highest BCUT2D eigenvalue weighted by atomic mass is 16.2. The summed E-state index contributed by atoms with van der Waals surface area (Å²) in [4.78, 5) is 42.5. The summed E-state index contributed by atoms with van der Waals surface area (Å²) in [5.74, 6) is 0.292. The molecule has 1 atom stereocenters. The molecule has 0 saturated heterocycles. The van der Waals surface area contributed by atoms with Crippen molar-refractivity contribution >= 4 is 22.7 Å². The summed E-state index contributed by atoms with van der Waals surface area (Å²) in [5, 5.41) is 0. The number of rotatable bonds is 3. The Morgan fingerprint density at radius 2 is 1.83 bits per heavy atom. The summed E-state index contributed by atoms with van der Waals surface area (Å²) in [7, 11) is 1.56. The third-order valence-electron chi connectivity index (χ3n) is 5.77. The molecule has 0 aliphatic carbocycles. The Hall–Kier alpha value is -3.42. The second-order valence-corrected chi connectivity index (χ2v) is 7.58. The SMILES string of the molecule is CC(=O)[C@H](C)n1c(=O)c2c(nc3n(-c4cccc(C)c4C)c(C)cn23)n(C)c1=O. The van der Waals surface area contributed by atoms with Crippen molar-refractivity contribution in [1.82, 2.24) is 23.1 Å². The molecule has 0 aliphatic heterocycles. The molecular formula is C21H23N5O3. The predicted molar refractivity (Wildman–Crippen MR) is 111 cm³/mol. The molecule has 3 aromatic heterocycles. The summed E-state index contributed by atoms with van der Waals surface area (Å²) < 4.78 is 6.01. The second-order valence-electron chi connectivity index (χ2n) is 7.58. The number of aryl methyl sites for hydroxylation is 3. The lowest BCUT2D eigenvalue weighted by Crippen LogP contribution is -2.42. The third-order valence-corrected chi connectivity index (χ3v) is 5.77. The van der Waals surface area contributed by atoms with Gasteiger partial charge in [-0.15, -0.1) is 0 Å². The molecule has 0 spiro atoms. The third kappa shape index (κ3) is 2.52. The molecule has 4 aromatic rings. The van der Waals surface area contributed by atoms with Crippen LogP contribution in [0.5, 0.6) is 0 Å². The summed E-state index contributed by atoms with van der Waals surface area (Å²) in [6, 6.07) is 5.18. The van der Waals surface area contributed by atoms with E-state index in [9.17, 15) is 14.4 Å². The van der Waals surface area contributed by atoms with Gasteiger partial charge in [-0.1, -0.05) is 12.1 Å². The van der Waals surface area contributed by atoms with Gasteiger partial charge in [0, 0.05) is 18.9 Å². The lowest BCUT2D eigenvalue weighted by molar-refractivity contribution is -0.119. The number of hydrogen-bond acceptors (Lipinski definition) is 4. The number of nitrogens with zero attached hydrogens (tertiary/aromatic N) is 5. The average Bonchev–Trinajstić information content (AvgIpc) is 3.17. The highest BCUT2D eigenvalue weighted by Crippen LogP contribution is 2.24. The number of carbonyl (C=O) groups is 1. The van der Waals surface area contributed by atoms with Crippen LogP contribution in [0.4, 0.5) is 0 Å². The maximum Gasteiger partial charge on any atom is 0.333 e. The number of fused-ring (bicyclic) bond motifs is 3. The van der Waals surface area contributed by atoms with Crippen LogP contribution in [0, 0.1) is 20.8 Å². The molecule has 0 amide bonds. The molecule has 8 heteroatoms. The zero-order chi connectivity index (χ0) is 21.2. The maximum atomic E-state index is 13.2. The standard InChI is InChI=1S/C21H23N5O3/c1-11-8-7-9-16(13(11)3)25-12(2)10-24-17-18(22-20(24)25)23(6)21(29)26(19(17)28)14(4)15(5)27/h7-10,14H,1-6H3/t14-/m0/s1. The van der Waals surface area contributed by atoms with E-state index < -0.39 is 17.3 Å². The van der Waals surface area contributed by atoms with Gasteiger partial charge in [0.05, 0.1) is 11.7 Å². The van der Waals surface area contributed by atoms with Crippen molar-refractivity contribution in [3.8, 4) is 5.69 Å². The molecule has 0 N–H and O–H groups in total. The van der Waals surface area contributed by atoms with Gasteiger partial charge in [0.25, 0.3) is 5.56 Å². The lowest BCUT2D eigenvalue weighted by Gasteiger charge is -2.12. The van der Waals surface area contributed by atoms with Gasteiger partial charge >= 0.3 is 5.69 Å². The molecule has 4 rings (SSSR count). The van der Waals surface area contributed by atoms with Gasteiger partial charge in [0.1, 0.15) is 0 Å². The Morgan fingerprint density at radius 1 is 1.14 bits per heavy atom. The number of hydrogen-bond donors (Lipinski definition) is 0. The Bertz CT molecular complexity index is 1430. The molecule has 0 aliphatic rings. The lowest BCUT2D eigenvalue weighted by atomic mass is 10.1. The van der Waals surface area contributed by atoms with E-state index in [1.807, 2.05) is 49.7 Å². The van der Waals surface area contributed by atoms with Crippen LogP contribution in [-0.4, -0.2) is 28.9 Å². The first-order valence-electron chi connectivity index (χ1n) is 9.43. The van der Waals surface area contributed by atoms with E-state index in [2.05, 4.69) is 4.98 Å². The van der Waals surface area contributed by atoms with Crippen LogP contribution in [0.1, 0.15) is 36.7 Å². The van der Waals surface area contributed by atoms with Gasteiger partial charge in [-0.25, -0.2) is 9.36 Å². The minimum Gasteiger partial charge on any atom is -0.298 e. The van der Waals surface area contributed by atoms with Crippen LogP contribution in [0.3, 0.4) is 0 Å². The predicted octanol–water partition coefficient (Wildman–Crippen LogP) is 2.21. The first-order chi connectivity index (χ1) is 13.6. The minimum absolute atomic E-state index is 0.256. The molecule has 3 heterocycles. The van der Waals surface area contributed by atoms with Crippen LogP contribution in [0.2, 0.25) is 0 Å². The number of ketones is 1. The van der Waals surface area contributed by atoms with Crippen molar-refractivity contribution < 1.29 is 4.79 Å². The minimum atomic E-state index is -0.849. The van der Waals surface area contributed by atoms with E-state index in [0.29, 0.717) is 11.4 Å². The van der Waals surface area contributed by atoms with Crippen LogP contribution in [0.15, 0.2) is 34.0 Å². The first-order valence-corrected chi connectivity index (χ1v) is 9.43. The van der Waals surface area contributed by atoms with Gasteiger partial charge in [-0.2, -0.15) is 4.98 Å². The molecule has 150 valence electrons. The Balaban J connectivity index is 2.17. The van der Waals surface area contributed by atoms with Gasteiger partial charge in [0.15, 0.2) is 16.9 Å². The summed E-state index contributed by atoms with van der Waals surface area (Å²) >= 11 is 0. The molecule has 1 aromatic carbocycles. The summed E-state index contributed by atoms with van der Waals surface area (Å²) in [6.45, 7) is 8.96. The molecule has 0 radical (unpaired) electrons. The normalized spacial score (nSPS) is 12.8. The second kappa shape index (κ2) is 6.30. The number of aromatic nitrogens is 5. The van der Waals surface area contributed by atoms with Crippen molar-refractivity contribution in [2.75, 3.05) is 0 Å². The van der Waals surface area contributed by atoms with Gasteiger partial charge in [-0.05, 0) is 51.8 Å². The average molecular weight is 393 g/mol. The van der Waals surface area contributed by atoms with Gasteiger partial charge < -0.3 is 0 Å². The molecule has 0 bridgehead atoms. The van der Waals surface area contributed by atoms with Gasteiger partial charge in [-0.3, -0.25) is 23.1 Å². The summed E-state index contributed by atoms with van der Waals surface area (Å²) in [6.07, 6.45) is 1.83. The van der Waals surface area contributed by atoms with E-state index in [-0.39, 0.29) is 11.3 Å². The van der Waals surface area contributed by atoms with Crippen molar-refractivity contribution in [3.63, 3.8) is 0 Å². The van der Waals surface area contributed by atoms with Crippen molar-refractivity contribution in [3.05, 3.63) is 62.1 Å².